The summed E-state index contributed by atoms with van der Waals surface area (Å²) in [5.74, 6) is -0.229. The van der Waals surface area contributed by atoms with E-state index in [1.807, 2.05) is 54.6 Å². The third-order valence-electron chi connectivity index (χ3n) is 6.41. The number of aromatic nitrogens is 3. The third-order valence-corrected chi connectivity index (χ3v) is 6.41. The zero-order valence-electron chi connectivity index (χ0n) is 19.3. The van der Waals surface area contributed by atoms with Crippen molar-refractivity contribution >= 4 is 22.8 Å². The van der Waals surface area contributed by atoms with Crippen LogP contribution >= 0.6 is 0 Å². The molecule has 0 bridgehead atoms. The molecule has 3 aromatic rings. The molecule has 7 heteroatoms. The van der Waals surface area contributed by atoms with E-state index in [0.29, 0.717) is 6.54 Å². The Labute approximate surface area is 195 Å². The largest absolute Gasteiger partial charge is 0.351 e. The molecule has 33 heavy (non-hydrogen) atoms. The van der Waals surface area contributed by atoms with Gasteiger partial charge in [-0.05, 0) is 37.0 Å². The highest BCUT2D eigenvalue weighted by Gasteiger charge is 2.32. The fraction of sp³-hybridized carbons (Fsp3) is 0.462. The van der Waals surface area contributed by atoms with E-state index in [1.165, 1.54) is 6.42 Å². The van der Waals surface area contributed by atoms with Gasteiger partial charge in [-0.2, -0.15) is 0 Å². The number of hydrogen-bond donors (Lipinski definition) is 1. The Morgan fingerprint density at radius 3 is 2.55 bits per heavy atom. The first-order valence-electron chi connectivity index (χ1n) is 12.1. The van der Waals surface area contributed by atoms with Crippen LogP contribution in [0.15, 0.2) is 54.6 Å². The standard InChI is InChI=1S/C26H33N5O2/c1-2-3-18-30(24(32)19-31-23-17-11-10-16-22(23)28-29-31)25(20-12-6-4-7-13-20)26(33)27-21-14-8-5-9-15-21/h4,6-7,10-13,16-17,21,25H,2-3,5,8-9,14-15,18-19H2,1H3,(H,27,33)/t25-/m0/s1. The Morgan fingerprint density at radius 2 is 1.79 bits per heavy atom. The van der Waals surface area contributed by atoms with Crippen LogP contribution in [0.25, 0.3) is 11.0 Å². The number of unbranched alkanes of at least 4 members (excludes halogenated alkanes) is 1. The number of amides is 2. The predicted octanol–water partition coefficient (Wildman–Crippen LogP) is 4.25. The fourth-order valence-electron chi connectivity index (χ4n) is 4.61. The monoisotopic (exact) mass is 447 g/mol. The lowest BCUT2D eigenvalue weighted by Crippen LogP contribution is -2.48. The van der Waals surface area contributed by atoms with Crippen molar-refractivity contribution in [3.05, 3.63) is 60.2 Å². The summed E-state index contributed by atoms with van der Waals surface area (Å²) in [6.07, 6.45) is 7.26. The minimum absolute atomic E-state index is 0.0459. The maximum Gasteiger partial charge on any atom is 0.247 e. The predicted molar refractivity (Wildman–Crippen MR) is 128 cm³/mol. The fourth-order valence-corrected chi connectivity index (χ4v) is 4.61. The molecule has 1 N–H and O–H groups in total. The lowest BCUT2D eigenvalue weighted by atomic mass is 9.94. The van der Waals surface area contributed by atoms with Crippen molar-refractivity contribution in [3.8, 4) is 0 Å². The lowest BCUT2D eigenvalue weighted by Gasteiger charge is -2.33. The van der Waals surface area contributed by atoms with Gasteiger partial charge in [0.15, 0.2) is 0 Å². The number of nitrogens with zero attached hydrogens (tertiary/aromatic N) is 4. The molecular formula is C26H33N5O2. The summed E-state index contributed by atoms with van der Waals surface area (Å²) in [4.78, 5) is 29.0. The van der Waals surface area contributed by atoms with E-state index in [1.54, 1.807) is 9.58 Å². The molecule has 1 fully saturated rings. The van der Waals surface area contributed by atoms with Gasteiger partial charge in [-0.3, -0.25) is 9.59 Å². The van der Waals surface area contributed by atoms with E-state index >= 15 is 0 Å². The molecule has 0 saturated heterocycles. The molecule has 0 radical (unpaired) electrons. The van der Waals surface area contributed by atoms with Crippen molar-refractivity contribution in [2.75, 3.05) is 6.54 Å². The minimum atomic E-state index is -0.665. The van der Waals surface area contributed by atoms with Gasteiger partial charge in [0.2, 0.25) is 11.8 Å². The second-order valence-electron chi connectivity index (χ2n) is 8.83. The molecule has 0 spiro atoms. The van der Waals surface area contributed by atoms with Crippen LogP contribution in [-0.2, 0) is 16.1 Å². The summed E-state index contributed by atoms with van der Waals surface area (Å²) in [6, 6.07) is 16.7. The topological polar surface area (TPSA) is 80.1 Å². The Hall–Kier alpha value is -3.22. The molecule has 1 atom stereocenters. The van der Waals surface area contributed by atoms with Gasteiger partial charge in [-0.25, -0.2) is 4.68 Å². The van der Waals surface area contributed by atoms with Gasteiger partial charge in [0, 0.05) is 12.6 Å². The Balaban J connectivity index is 1.62. The maximum absolute atomic E-state index is 13.6. The number of carbonyl (C=O) groups excluding carboxylic acids is 2. The number of rotatable bonds is 9. The molecule has 2 amide bonds. The molecule has 2 aromatic carbocycles. The summed E-state index contributed by atoms with van der Waals surface area (Å²) < 4.78 is 1.62. The van der Waals surface area contributed by atoms with Crippen LogP contribution < -0.4 is 5.32 Å². The van der Waals surface area contributed by atoms with E-state index in [0.717, 1.165) is 55.1 Å². The SMILES string of the molecule is CCCCN(C(=O)Cn1nnc2ccccc21)[C@H](C(=O)NC1CCCCC1)c1ccccc1. The normalized spacial score (nSPS) is 15.3. The summed E-state index contributed by atoms with van der Waals surface area (Å²) >= 11 is 0. The number of fused-ring (bicyclic) bond motifs is 1. The van der Waals surface area contributed by atoms with Crippen molar-refractivity contribution in [1.82, 2.24) is 25.2 Å². The molecular weight excluding hydrogens is 414 g/mol. The van der Waals surface area contributed by atoms with Crippen molar-refractivity contribution in [3.63, 3.8) is 0 Å². The minimum Gasteiger partial charge on any atom is -0.351 e. The number of para-hydroxylation sites is 1. The lowest BCUT2D eigenvalue weighted by molar-refractivity contribution is -0.142. The molecule has 1 saturated carbocycles. The number of carbonyl (C=O) groups is 2. The average Bonchev–Trinajstić information content (AvgIpc) is 3.25. The second-order valence-corrected chi connectivity index (χ2v) is 8.83. The van der Waals surface area contributed by atoms with Gasteiger partial charge in [-0.1, -0.05) is 80.3 Å². The van der Waals surface area contributed by atoms with Crippen LogP contribution in [-0.4, -0.2) is 44.3 Å². The van der Waals surface area contributed by atoms with Crippen molar-refractivity contribution in [2.45, 2.75) is 70.5 Å². The van der Waals surface area contributed by atoms with Crippen molar-refractivity contribution < 1.29 is 9.59 Å². The van der Waals surface area contributed by atoms with Crippen LogP contribution in [0.1, 0.15) is 63.5 Å². The first-order chi connectivity index (χ1) is 16.2. The van der Waals surface area contributed by atoms with Crippen molar-refractivity contribution in [1.29, 1.82) is 0 Å². The van der Waals surface area contributed by atoms with Gasteiger partial charge < -0.3 is 10.2 Å². The Morgan fingerprint density at radius 1 is 1.06 bits per heavy atom. The summed E-state index contributed by atoms with van der Waals surface area (Å²) in [6.45, 7) is 2.65. The number of nitrogens with one attached hydrogen (secondary N) is 1. The highest BCUT2D eigenvalue weighted by molar-refractivity contribution is 5.89. The van der Waals surface area contributed by atoms with Crippen LogP contribution in [0.4, 0.5) is 0 Å². The average molecular weight is 448 g/mol. The highest BCUT2D eigenvalue weighted by Crippen LogP contribution is 2.25. The van der Waals surface area contributed by atoms with E-state index in [2.05, 4.69) is 22.6 Å². The zero-order valence-corrected chi connectivity index (χ0v) is 19.3. The van der Waals surface area contributed by atoms with Crippen molar-refractivity contribution in [2.24, 2.45) is 0 Å². The first kappa shape index (κ1) is 23.0. The van der Waals surface area contributed by atoms with E-state index in [-0.39, 0.29) is 24.4 Å². The molecule has 1 aliphatic carbocycles. The van der Waals surface area contributed by atoms with E-state index in [9.17, 15) is 9.59 Å². The van der Waals surface area contributed by atoms with Gasteiger partial charge in [0.25, 0.3) is 0 Å². The summed E-state index contributed by atoms with van der Waals surface area (Å²) in [5.41, 5.74) is 2.39. The van der Waals surface area contributed by atoms with E-state index in [4.69, 9.17) is 0 Å². The molecule has 1 aliphatic rings. The van der Waals surface area contributed by atoms with Gasteiger partial charge in [0.05, 0.1) is 5.52 Å². The maximum atomic E-state index is 13.6. The Kier molecular flexibility index (Phi) is 7.70. The van der Waals surface area contributed by atoms with Crippen LogP contribution in [0.5, 0.6) is 0 Å². The summed E-state index contributed by atoms with van der Waals surface area (Å²) in [5, 5.41) is 11.6. The zero-order chi connectivity index (χ0) is 23.0. The number of benzene rings is 2. The molecule has 0 aliphatic heterocycles. The smallest absolute Gasteiger partial charge is 0.247 e. The highest BCUT2D eigenvalue weighted by atomic mass is 16.2. The first-order valence-corrected chi connectivity index (χ1v) is 12.1. The van der Waals surface area contributed by atoms with Crippen LogP contribution in [0.3, 0.4) is 0 Å². The molecule has 7 nitrogen and oxygen atoms in total. The molecule has 174 valence electrons. The van der Waals surface area contributed by atoms with Gasteiger partial charge in [0.1, 0.15) is 18.1 Å². The van der Waals surface area contributed by atoms with Gasteiger partial charge >= 0.3 is 0 Å². The molecule has 4 rings (SSSR count). The second kappa shape index (κ2) is 11.1. The van der Waals surface area contributed by atoms with Crippen LogP contribution in [0.2, 0.25) is 0 Å². The molecule has 1 aromatic heterocycles. The third kappa shape index (κ3) is 5.59. The van der Waals surface area contributed by atoms with Gasteiger partial charge in [-0.15, -0.1) is 5.10 Å². The Bertz CT molecular complexity index is 1060. The molecule has 1 heterocycles. The van der Waals surface area contributed by atoms with E-state index < -0.39 is 6.04 Å². The molecule has 0 unspecified atom stereocenters. The summed E-state index contributed by atoms with van der Waals surface area (Å²) in [7, 11) is 0. The quantitative estimate of drug-likeness (QED) is 0.532. The van der Waals surface area contributed by atoms with Crippen LogP contribution in [0, 0.1) is 0 Å². The number of hydrogen-bond acceptors (Lipinski definition) is 4.